The smallest absolute Gasteiger partial charge is 0.202 e. The monoisotopic (exact) mass is 548 g/mol. The van der Waals surface area contributed by atoms with Crippen molar-refractivity contribution in [3.8, 4) is 17.2 Å². The van der Waals surface area contributed by atoms with E-state index in [1.807, 2.05) is 13.0 Å². The standard InChI is InChI=1S/C30H44O9/c1-17(28(38-9)19(3)21(35-6)12-10-11-15-30(5,34)20(4)31)13-14-22-18(2)26(32)25-23(36-7)16-24(37-8)27(33)29(25)39-22/h10-12,15-17,19-21,28,31,33-34H,13-14H2,1-9H3/b12-10+,15-11+/t17-,19+,20?,21?,28?,30?/m0/s1. The fraction of sp³-hybridized carbons (Fsp3) is 0.567. The number of aryl methyl sites for hydroxylation is 1. The Morgan fingerprint density at radius 3 is 2.23 bits per heavy atom. The number of methoxy groups -OCH3 is 4. The van der Waals surface area contributed by atoms with Crippen molar-refractivity contribution in [2.24, 2.45) is 11.8 Å². The Bertz CT molecular complexity index is 1210. The van der Waals surface area contributed by atoms with Gasteiger partial charge in [0.15, 0.2) is 16.8 Å². The maximum atomic E-state index is 13.2. The van der Waals surface area contributed by atoms with Crippen LogP contribution in [0.2, 0.25) is 0 Å². The van der Waals surface area contributed by atoms with Gasteiger partial charge in [-0.2, -0.15) is 0 Å². The van der Waals surface area contributed by atoms with Gasteiger partial charge in [-0.05, 0) is 33.1 Å². The Balaban J connectivity index is 2.25. The summed E-state index contributed by atoms with van der Waals surface area (Å²) in [4.78, 5) is 13.2. The molecular formula is C30H44O9. The van der Waals surface area contributed by atoms with E-state index < -0.39 is 11.7 Å². The van der Waals surface area contributed by atoms with Gasteiger partial charge in [-0.25, -0.2) is 0 Å². The van der Waals surface area contributed by atoms with E-state index in [9.17, 15) is 20.1 Å². The van der Waals surface area contributed by atoms with Crippen LogP contribution in [0.3, 0.4) is 0 Å². The lowest BCUT2D eigenvalue weighted by Gasteiger charge is -2.32. The molecule has 0 amide bonds. The first-order valence-electron chi connectivity index (χ1n) is 13.1. The van der Waals surface area contributed by atoms with Gasteiger partial charge in [-0.15, -0.1) is 0 Å². The van der Waals surface area contributed by atoms with Crippen molar-refractivity contribution in [3.63, 3.8) is 0 Å². The Morgan fingerprint density at radius 1 is 1.05 bits per heavy atom. The van der Waals surface area contributed by atoms with Crippen LogP contribution in [0.25, 0.3) is 11.0 Å². The molecule has 0 saturated heterocycles. The van der Waals surface area contributed by atoms with Crippen molar-refractivity contribution in [3.05, 3.63) is 51.9 Å². The SMILES string of the molecule is COc1cc(OC)c2c(=O)c(C)c(CC[C@H](C)C(OC)[C@H](C)C(/C=C/C=C/C(C)(O)C(C)O)OC)oc2c1O. The number of phenolic OH excluding ortho intramolecular Hbond substituents is 1. The minimum atomic E-state index is -1.33. The second-order valence-electron chi connectivity index (χ2n) is 10.2. The quantitative estimate of drug-likeness (QED) is 0.296. The van der Waals surface area contributed by atoms with Crippen molar-refractivity contribution in [2.45, 2.75) is 71.4 Å². The molecule has 2 rings (SSSR count). The Kier molecular flexibility index (Phi) is 11.6. The summed E-state index contributed by atoms with van der Waals surface area (Å²) in [6, 6.07) is 1.46. The van der Waals surface area contributed by atoms with Gasteiger partial charge in [0.25, 0.3) is 0 Å². The van der Waals surface area contributed by atoms with E-state index >= 15 is 0 Å². The fourth-order valence-electron chi connectivity index (χ4n) is 4.69. The third-order valence-electron chi connectivity index (χ3n) is 7.49. The number of rotatable bonds is 14. The first-order chi connectivity index (χ1) is 18.3. The van der Waals surface area contributed by atoms with Gasteiger partial charge >= 0.3 is 0 Å². The molecule has 0 aliphatic heterocycles. The van der Waals surface area contributed by atoms with Gasteiger partial charge in [0.05, 0.1) is 32.5 Å². The highest BCUT2D eigenvalue weighted by atomic mass is 16.5. The second kappa shape index (κ2) is 14.0. The molecule has 3 N–H and O–H groups in total. The minimum Gasteiger partial charge on any atom is -0.502 e. The molecule has 4 unspecified atom stereocenters. The molecule has 0 aliphatic rings. The van der Waals surface area contributed by atoms with E-state index in [0.717, 1.165) is 0 Å². The lowest BCUT2D eigenvalue weighted by molar-refractivity contribution is -0.0344. The number of aliphatic hydroxyl groups excluding tert-OH is 1. The minimum absolute atomic E-state index is 0.0285. The number of aliphatic hydroxyl groups is 2. The van der Waals surface area contributed by atoms with E-state index in [0.29, 0.717) is 24.2 Å². The summed E-state index contributed by atoms with van der Waals surface area (Å²) in [5, 5.41) is 30.6. The Hall–Kier alpha value is -2.85. The van der Waals surface area contributed by atoms with Gasteiger partial charge in [0.2, 0.25) is 5.75 Å². The number of phenols is 1. The molecule has 0 bridgehead atoms. The summed E-state index contributed by atoms with van der Waals surface area (Å²) in [5.41, 5.74) is -1.10. The zero-order valence-electron chi connectivity index (χ0n) is 24.5. The number of ether oxygens (including phenoxy) is 4. The van der Waals surface area contributed by atoms with Crippen molar-refractivity contribution in [1.29, 1.82) is 0 Å². The molecule has 0 radical (unpaired) electrons. The van der Waals surface area contributed by atoms with Crippen LogP contribution in [0.1, 0.15) is 45.4 Å². The number of benzene rings is 1. The number of fused-ring (bicyclic) bond motifs is 1. The average Bonchev–Trinajstić information content (AvgIpc) is 2.90. The third-order valence-corrected chi connectivity index (χ3v) is 7.49. The van der Waals surface area contributed by atoms with Crippen LogP contribution in [0.15, 0.2) is 39.6 Å². The van der Waals surface area contributed by atoms with Crippen LogP contribution in [-0.4, -0.2) is 67.7 Å². The molecule has 0 spiro atoms. The molecule has 1 aromatic heterocycles. The number of allylic oxidation sites excluding steroid dienone is 2. The summed E-state index contributed by atoms with van der Waals surface area (Å²) in [6.07, 6.45) is 6.63. The van der Waals surface area contributed by atoms with E-state index in [2.05, 4.69) is 6.92 Å². The summed E-state index contributed by atoms with van der Waals surface area (Å²) in [7, 11) is 6.14. The molecule has 39 heavy (non-hydrogen) atoms. The van der Waals surface area contributed by atoms with E-state index in [-0.39, 0.29) is 57.7 Å². The predicted molar refractivity (Wildman–Crippen MR) is 151 cm³/mol. The van der Waals surface area contributed by atoms with Crippen LogP contribution in [-0.2, 0) is 15.9 Å². The first kappa shape index (κ1) is 32.4. The summed E-state index contributed by atoms with van der Waals surface area (Å²) < 4.78 is 28.2. The van der Waals surface area contributed by atoms with Crippen molar-refractivity contribution < 1.29 is 38.7 Å². The molecule has 0 aliphatic carbocycles. The highest BCUT2D eigenvalue weighted by Gasteiger charge is 2.30. The van der Waals surface area contributed by atoms with Gasteiger partial charge in [0.1, 0.15) is 22.5 Å². The van der Waals surface area contributed by atoms with Crippen LogP contribution >= 0.6 is 0 Å². The summed E-state index contributed by atoms with van der Waals surface area (Å²) in [6.45, 7) is 8.88. The molecule has 6 atom stereocenters. The van der Waals surface area contributed by atoms with Crippen LogP contribution < -0.4 is 14.9 Å². The highest BCUT2D eigenvalue weighted by Crippen LogP contribution is 2.40. The van der Waals surface area contributed by atoms with E-state index in [1.165, 1.54) is 40.2 Å². The summed E-state index contributed by atoms with van der Waals surface area (Å²) >= 11 is 0. The number of hydrogen-bond donors (Lipinski definition) is 3. The highest BCUT2D eigenvalue weighted by molar-refractivity contribution is 5.91. The first-order valence-corrected chi connectivity index (χ1v) is 13.1. The fourth-order valence-corrected chi connectivity index (χ4v) is 4.69. The average molecular weight is 549 g/mol. The molecule has 0 saturated carbocycles. The number of aromatic hydroxyl groups is 1. The Labute approximate surface area is 230 Å². The van der Waals surface area contributed by atoms with Crippen molar-refractivity contribution in [2.75, 3.05) is 28.4 Å². The Morgan fingerprint density at radius 2 is 1.69 bits per heavy atom. The summed E-state index contributed by atoms with van der Waals surface area (Å²) in [5.74, 6) is 0.693. The van der Waals surface area contributed by atoms with Gasteiger partial charge < -0.3 is 38.7 Å². The predicted octanol–water partition coefficient (Wildman–Crippen LogP) is 4.30. The van der Waals surface area contributed by atoms with Crippen LogP contribution in [0, 0.1) is 18.8 Å². The largest absolute Gasteiger partial charge is 0.502 e. The molecule has 1 heterocycles. The van der Waals surface area contributed by atoms with E-state index in [1.54, 1.807) is 33.3 Å². The van der Waals surface area contributed by atoms with Crippen molar-refractivity contribution >= 4 is 11.0 Å². The maximum Gasteiger partial charge on any atom is 0.202 e. The zero-order chi connectivity index (χ0) is 29.5. The number of hydrogen-bond acceptors (Lipinski definition) is 9. The van der Waals surface area contributed by atoms with Crippen molar-refractivity contribution in [1.82, 2.24) is 0 Å². The van der Waals surface area contributed by atoms with Gasteiger partial charge in [0, 0.05) is 38.2 Å². The van der Waals surface area contributed by atoms with Crippen LogP contribution in [0.5, 0.6) is 17.2 Å². The van der Waals surface area contributed by atoms with Gasteiger partial charge in [-0.3, -0.25) is 4.79 Å². The third kappa shape index (κ3) is 7.42. The van der Waals surface area contributed by atoms with Crippen LogP contribution in [0.4, 0.5) is 0 Å². The maximum absolute atomic E-state index is 13.2. The molecule has 218 valence electrons. The topological polar surface area (TPSA) is 128 Å². The molecule has 0 fully saturated rings. The van der Waals surface area contributed by atoms with Gasteiger partial charge in [-0.1, -0.05) is 38.2 Å². The molecule has 9 nitrogen and oxygen atoms in total. The molecule has 9 heteroatoms. The lowest BCUT2D eigenvalue weighted by atomic mass is 9.85. The normalized spacial score (nSPS) is 17.7. The second-order valence-corrected chi connectivity index (χ2v) is 10.2. The molecule has 2 aromatic rings. The molecule has 1 aromatic carbocycles. The molecular weight excluding hydrogens is 504 g/mol. The zero-order valence-corrected chi connectivity index (χ0v) is 24.5. The van der Waals surface area contributed by atoms with E-state index in [4.69, 9.17) is 23.4 Å². The lowest BCUT2D eigenvalue weighted by Crippen LogP contribution is -2.36.